The number of ether oxygens (including phenoxy) is 1. The molecule has 0 aromatic heterocycles. The predicted molar refractivity (Wildman–Crippen MR) is 68.3 cm³/mol. The lowest BCUT2D eigenvalue weighted by Crippen LogP contribution is -2.30. The zero-order valence-corrected chi connectivity index (χ0v) is 10.6. The SMILES string of the molecule is C[C@H](O)c1ccc(OCC(=O)NCC2CC2)cc1. The maximum Gasteiger partial charge on any atom is 0.257 e. The second-order valence-electron chi connectivity index (χ2n) is 4.78. The normalized spacial score (nSPS) is 16.1. The minimum Gasteiger partial charge on any atom is -0.484 e. The van der Waals surface area contributed by atoms with E-state index in [1.165, 1.54) is 12.8 Å². The first-order valence-corrected chi connectivity index (χ1v) is 6.32. The van der Waals surface area contributed by atoms with Crippen molar-refractivity contribution >= 4 is 5.91 Å². The highest BCUT2D eigenvalue weighted by atomic mass is 16.5. The summed E-state index contributed by atoms with van der Waals surface area (Å²) in [6.45, 7) is 2.52. The van der Waals surface area contributed by atoms with Crippen LogP contribution in [0.2, 0.25) is 0 Å². The van der Waals surface area contributed by atoms with E-state index in [9.17, 15) is 9.90 Å². The third kappa shape index (κ3) is 4.04. The molecule has 4 nitrogen and oxygen atoms in total. The van der Waals surface area contributed by atoms with Crippen molar-refractivity contribution in [3.05, 3.63) is 29.8 Å². The van der Waals surface area contributed by atoms with Crippen LogP contribution in [0, 0.1) is 5.92 Å². The van der Waals surface area contributed by atoms with E-state index < -0.39 is 6.10 Å². The van der Waals surface area contributed by atoms with Crippen LogP contribution in [-0.4, -0.2) is 24.2 Å². The van der Waals surface area contributed by atoms with Gasteiger partial charge in [-0.25, -0.2) is 0 Å². The smallest absolute Gasteiger partial charge is 0.257 e. The van der Waals surface area contributed by atoms with Crippen LogP contribution in [0.4, 0.5) is 0 Å². The van der Waals surface area contributed by atoms with Gasteiger partial charge in [0.25, 0.3) is 5.91 Å². The largest absolute Gasteiger partial charge is 0.484 e. The van der Waals surface area contributed by atoms with Crippen molar-refractivity contribution in [2.45, 2.75) is 25.9 Å². The monoisotopic (exact) mass is 249 g/mol. The van der Waals surface area contributed by atoms with E-state index in [1.807, 2.05) is 0 Å². The quantitative estimate of drug-likeness (QED) is 0.806. The molecule has 1 atom stereocenters. The number of aliphatic hydroxyl groups is 1. The Balaban J connectivity index is 1.73. The molecule has 1 aromatic carbocycles. The minimum absolute atomic E-state index is 0.0424. The van der Waals surface area contributed by atoms with E-state index in [0.717, 1.165) is 12.1 Å². The van der Waals surface area contributed by atoms with Gasteiger partial charge in [-0.1, -0.05) is 12.1 Å². The lowest BCUT2D eigenvalue weighted by atomic mass is 10.1. The average molecular weight is 249 g/mol. The van der Waals surface area contributed by atoms with Crippen molar-refractivity contribution < 1.29 is 14.6 Å². The molecule has 98 valence electrons. The lowest BCUT2D eigenvalue weighted by Gasteiger charge is -2.08. The molecular weight excluding hydrogens is 230 g/mol. The molecule has 2 rings (SSSR count). The summed E-state index contributed by atoms with van der Waals surface area (Å²) in [4.78, 5) is 11.4. The molecule has 1 fully saturated rings. The van der Waals surface area contributed by atoms with Crippen LogP contribution >= 0.6 is 0 Å². The van der Waals surface area contributed by atoms with Crippen LogP contribution in [0.25, 0.3) is 0 Å². The Kier molecular flexibility index (Phi) is 4.20. The van der Waals surface area contributed by atoms with Crippen LogP contribution in [0.3, 0.4) is 0 Å². The van der Waals surface area contributed by atoms with Gasteiger partial charge in [0.05, 0.1) is 6.10 Å². The summed E-state index contributed by atoms with van der Waals surface area (Å²) in [7, 11) is 0. The van der Waals surface area contributed by atoms with Gasteiger partial charge in [-0.15, -0.1) is 0 Å². The molecule has 0 aliphatic heterocycles. The zero-order valence-electron chi connectivity index (χ0n) is 10.6. The van der Waals surface area contributed by atoms with Gasteiger partial charge >= 0.3 is 0 Å². The first kappa shape index (κ1) is 12.9. The highest BCUT2D eigenvalue weighted by molar-refractivity contribution is 5.77. The Morgan fingerprint density at radius 1 is 1.44 bits per heavy atom. The van der Waals surface area contributed by atoms with Gasteiger partial charge in [-0.05, 0) is 43.4 Å². The first-order chi connectivity index (χ1) is 8.65. The van der Waals surface area contributed by atoms with E-state index in [2.05, 4.69) is 5.32 Å². The van der Waals surface area contributed by atoms with Gasteiger partial charge in [0.15, 0.2) is 6.61 Å². The van der Waals surface area contributed by atoms with Gasteiger partial charge in [0.1, 0.15) is 5.75 Å². The maximum atomic E-state index is 11.4. The van der Waals surface area contributed by atoms with E-state index >= 15 is 0 Å². The van der Waals surface area contributed by atoms with E-state index in [4.69, 9.17) is 4.74 Å². The standard InChI is InChI=1S/C14H19NO3/c1-10(16)12-4-6-13(7-5-12)18-9-14(17)15-8-11-2-3-11/h4-7,10-11,16H,2-3,8-9H2,1H3,(H,15,17)/t10-/m0/s1. The summed E-state index contributed by atoms with van der Waals surface area (Å²) in [5, 5.41) is 12.2. The topological polar surface area (TPSA) is 58.6 Å². The van der Waals surface area contributed by atoms with Crippen LogP contribution < -0.4 is 10.1 Å². The van der Waals surface area contributed by atoms with Crippen molar-refractivity contribution in [3.63, 3.8) is 0 Å². The fraction of sp³-hybridized carbons (Fsp3) is 0.500. The number of hydrogen-bond acceptors (Lipinski definition) is 3. The summed E-state index contributed by atoms with van der Waals surface area (Å²) in [6, 6.07) is 7.11. The molecule has 1 amide bonds. The van der Waals surface area contributed by atoms with Crippen LogP contribution in [0.5, 0.6) is 5.75 Å². The molecule has 1 aromatic rings. The van der Waals surface area contributed by atoms with Gasteiger partial charge < -0.3 is 15.2 Å². The van der Waals surface area contributed by atoms with E-state index in [0.29, 0.717) is 11.7 Å². The third-order valence-corrected chi connectivity index (χ3v) is 3.02. The number of amides is 1. The molecule has 0 unspecified atom stereocenters. The molecule has 0 heterocycles. The lowest BCUT2D eigenvalue weighted by molar-refractivity contribution is -0.123. The zero-order chi connectivity index (χ0) is 13.0. The predicted octanol–water partition coefficient (Wildman–Crippen LogP) is 1.64. The van der Waals surface area contributed by atoms with Crippen molar-refractivity contribution in [3.8, 4) is 5.75 Å². The Morgan fingerprint density at radius 2 is 2.11 bits per heavy atom. The summed E-state index contributed by atoms with van der Waals surface area (Å²) in [5.74, 6) is 1.24. The van der Waals surface area contributed by atoms with Crippen molar-refractivity contribution in [2.24, 2.45) is 5.92 Å². The van der Waals surface area contributed by atoms with Crippen molar-refractivity contribution in [1.82, 2.24) is 5.32 Å². The van der Waals surface area contributed by atoms with Gasteiger partial charge in [-0.3, -0.25) is 4.79 Å². The molecule has 1 saturated carbocycles. The number of carbonyl (C=O) groups is 1. The number of hydrogen-bond donors (Lipinski definition) is 2. The van der Waals surface area contributed by atoms with Crippen LogP contribution in [-0.2, 0) is 4.79 Å². The average Bonchev–Trinajstić information content (AvgIpc) is 3.18. The molecule has 2 N–H and O–H groups in total. The van der Waals surface area contributed by atoms with Gasteiger partial charge in [-0.2, -0.15) is 0 Å². The van der Waals surface area contributed by atoms with E-state index in [1.54, 1.807) is 31.2 Å². The fourth-order valence-electron chi connectivity index (χ4n) is 1.62. The molecule has 0 radical (unpaired) electrons. The second-order valence-corrected chi connectivity index (χ2v) is 4.78. The third-order valence-electron chi connectivity index (χ3n) is 3.02. The highest BCUT2D eigenvalue weighted by Gasteiger charge is 2.21. The van der Waals surface area contributed by atoms with Gasteiger partial charge in [0.2, 0.25) is 0 Å². The number of benzene rings is 1. The van der Waals surface area contributed by atoms with E-state index in [-0.39, 0.29) is 12.5 Å². The van der Waals surface area contributed by atoms with Crippen LogP contribution in [0.1, 0.15) is 31.4 Å². The highest BCUT2D eigenvalue weighted by Crippen LogP contribution is 2.27. The number of carbonyl (C=O) groups excluding carboxylic acids is 1. The minimum atomic E-state index is -0.485. The first-order valence-electron chi connectivity index (χ1n) is 6.32. The molecule has 0 bridgehead atoms. The van der Waals surface area contributed by atoms with Crippen LogP contribution in [0.15, 0.2) is 24.3 Å². The second kappa shape index (κ2) is 5.87. The number of nitrogens with one attached hydrogen (secondary N) is 1. The molecule has 0 spiro atoms. The summed E-state index contributed by atoms with van der Waals surface area (Å²) in [5.41, 5.74) is 0.834. The summed E-state index contributed by atoms with van der Waals surface area (Å²) < 4.78 is 5.36. The number of aliphatic hydroxyl groups excluding tert-OH is 1. The molecular formula is C14H19NO3. The Labute approximate surface area is 107 Å². The van der Waals surface area contributed by atoms with Crippen molar-refractivity contribution in [1.29, 1.82) is 0 Å². The maximum absolute atomic E-state index is 11.4. The molecule has 18 heavy (non-hydrogen) atoms. The Morgan fingerprint density at radius 3 is 2.67 bits per heavy atom. The van der Waals surface area contributed by atoms with Crippen molar-refractivity contribution in [2.75, 3.05) is 13.2 Å². The Hall–Kier alpha value is -1.55. The molecule has 4 heteroatoms. The summed E-state index contributed by atoms with van der Waals surface area (Å²) >= 11 is 0. The van der Waals surface area contributed by atoms with Gasteiger partial charge in [0, 0.05) is 6.54 Å². The summed E-state index contributed by atoms with van der Waals surface area (Å²) in [6.07, 6.45) is 1.96. The Bertz CT molecular complexity index is 396. The molecule has 1 aliphatic carbocycles. The molecule has 0 saturated heterocycles. The molecule has 1 aliphatic rings. The fourth-order valence-corrected chi connectivity index (χ4v) is 1.62. The number of rotatable bonds is 6.